The van der Waals surface area contributed by atoms with Gasteiger partial charge in [-0.15, -0.1) is 0 Å². The standard InChI is InChI=1S/C8H10BrNO/c1-10-7(5-6-9)3-2-4-8(10)11/h2-4H,5-6H2,1H3. The Hall–Kier alpha value is -0.570. The number of aryl methyl sites for hydroxylation is 1. The lowest BCUT2D eigenvalue weighted by Crippen LogP contribution is -2.18. The molecule has 60 valence electrons. The first-order chi connectivity index (χ1) is 5.25. The molecular weight excluding hydrogens is 206 g/mol. The van der Waals surface area contributed by atoms with Crippen molar-refractivity contribution in [1.82, 2.24) is 4.57 Å². The van der Waals surface area contributed by atoms with Crippen molar-refractivity contribution in [1.29, 1.82) is 0 Å². The fraction of sp³-hybridized carbons (Fsp3) is 0.375. The molecule has 0 atom stereocenters. The zero-order chi connectivity index (χ0) is 8.27. The number of nitrogens with zero attached hydrogens (tertiary/aromatic N) is 1. The van der Waals surface area contributed by atoms with E-state index >= 15 is 0 Å². The van der Waals surface area contributed by atoms with E-state index in [0.717, 1.165) is 17.4 Å². The highest BCUT2D eigenvalue weighted by molar-refractivity contribution is 9.09. The number of halogens is 1. The third-order valence-corrected chi connectivity index (χ3v) is 2.04. The van der Waals surface area contributed by atoms with Crippen molar-refractivity contribution in [2.24, 2.45) is 7.05 Å². The van der Waals surface area contributed by atoms with Crippen LogP contribution in [0, 0.1) is 0 Å². The Kier molecular flexibility index (Phi) is 2.88. The number of hydrogen-bond donors (Lipinski definition) is 0. The molecule has 2 nitrogen and oxygen atoms in total. The lowest BCUT2D eigenvalue weighted by Gasteiger charge is -2.03. The molecule has 0 saturated heterocycles. The van der Waals surface area contributed by atoms with Gasteiger partial charge in [-0.2, -0.15) is 0 Å². The van der Waals surface area contributed by atoms with Gasteiger partial charge in [0.05, 0.1) is 0 Å². The number of hydrogen-bond acceptors (Lipinski definition) is 1. The van der Waals surface area contributed by atoms with Crippen molar-refractivity contribution in [3.63, 3.8) is 0 Å². The summed E-state index contributed by atoms with van der Waals surface area (Å²) in [5.41, 5.74) is 1.12. The summed E-state index contributed by atoms with van der Waals surface area (Å²) in [6.45, 7) is 0. The first-order valence-electron chi connectivity index (χ1n) is 3.46. The fourth-order valence-corrected chi connectivity index (χ4v) is 1.36. The summed E-state index contributed by atoms with van der Waals surface area (Å²) in [6.07, 6.45) is 0.895. The van der Waals surface area contributed by atoms with Crippen LogP contribution in [0.5, 0.6) is 0 Å². The maximum Gasteiger partial charge on any atom is 0.250 e. The Labute approximate surface area is 74.0 Å². The van der Waals surface area contributed by atoms with Gasteiger partial charge in [0, 0.05) is 24.1 Å². The van der Waals surface area contributed by atoms with E-state index in [1.165, 1.54) is 0 Å². The molecular formula is C8H10BrNO. The summed E-state index contributed by atoms with van der Waals surface area (Å²) < 4.78 is 1.67. The second-order valence-corrected chi connectivity index (χ2v) is 3.15. The van der Waals surface area contributed by atoms with Gasteiger partial charge in [0.2, 0.25) is 5.56 Å². The third-order valence-electron chi connectivity index (χ3n) is 1.64. The lowest BCUT2D eigenvalue weighted by molar-refractivity contribution is 0.786. The molecule has 1 heterocycles. The smallest absolute Gasteiger partial charge is 0.250 e. The van der Waals surface area contributed by atoms with Crippen LogP contribution in [0.25, 0.3) is 0 Å². The molecule has 0 aliphatic rings. The second-order valence-electron chi connectivity index (χ2n) is 2.35. The van der Waals surface area contributed by atoms with Gasteiger partial charge in [0.15, 0.2) is 0 Å². The van der Waals surface area contributed by atoms with E-state index in [0.29, 0.717) is 0 Å². The zero-order valence-electron chi connectivity index (χ0n) is 6.38. The molecule has 1 aromatic heterocycles. The molecule has 0 aliphatic carbocycles. The molecule has 0 saturated carbocycles. The summed E-state index contributed by atoms with van der Waals surface area (Å²) in [4.78, 5) is 11.1. The van der Waals surface area contributed by atoms with Gasteiger partial charge >= 0.3 is 0 Å². The van der Waals surface area contributed by atoms with Gasteiger partial charge in [-0.3, -0.25) is 4.79 Å². The molecule has 0 aromatic carbocycles. The van der Waals surface area contributed by atoms with E-state index in [2.05, 4.69) is 15.9 Å². The maximum absolute atomic E-state index is 11.1. The predicted molar refractivity (Wildman–Crippen MR) is 49.2 cm³/mol. The molecule has 0 unspecified atom stereocenters. The highest BCUT2D eigenvalue weighted by Crippen LogP contribution is 1.97. The quantitative estimate of drug-likeness (QED) is 0.683. The minimum atomic E-state index is 0.0588. The zero-order valence-corrected chi connectivity index (χ0v) is 7.97. The fourth-order valence-electron chi connectivity index (χ4n) is 0.954. The summed E-state index contributed by atoms with van der Waals surface area (Å²) in [7, 11) is 1.79. The summed E-state index contributed by atoms with van der Waals surface area (Å²) in [6, 6.07) is 5.32. The van der Waals surface area contributed by atoms with Gasteiger partial charge in [0.25, 0.3) is 0 Å². The van der Waals surface area contributed by atoms with Crippen LogP contribution in [0.15, 0.2) is 23.0 Å². The Morgan fingerprint density at radius 1 is 1.55 bits per heavy atom. The van der Waals surface area contributed by atoms with Crippen LogP contribution in [0.1, 0.15) is 5.69 Å². The first kappa shape index (κ1) is 8.53. The Morgan fingerprint density at radius 2 is 2.27 bits per heavy atom. The van der Waals surface area contributed by atoms with Crippen molar-refractivity contribution >= 4 is 15.9 Å². The molecule has 0 fully saturated rings. The maximum atomic E-state index is 11.1. The van der Waals surface area contributed by atoms with Crippen LogP contribution in [-0.4, -0.2) is 9.90 Å². The van der Waals surface area contributed by atoms with E-state index < -0.39 is 0 Å². The number of aromatic nitrogens is 1. The van der Waals surface area contributed by atoms with Crippen molar-refractivity contribution in [2.45, 2.75) is 6.42 Å². The highest BCUT2D eigenvalue weighted by Gasteiger charge is 1.95. The van der Waals surface area contributed by atoms with Gasteiger partial charge in [-0.1, -0.05) is 22.0 Å². The molecule has 1 aromatic rings. The van der Waals surface area contributed by atoms with Crippen molar-refractivity contribution in [2.75, 3.05) is 5.33 Å². The van der Waals surface area contributed by atoms with Gasteiger partial charge in [-0.25, -0.2) is 0 Å². The average Bonchev–Trinajstić information content (AvgIpc) is 1.99. The van der Waals surface area contributed by atoms with Crippen LogP contribution in [0.2, 0.25) is 0 Å². The monoisotopic (exact) mass is 215 g/mol. The topological polar surface area (TPSA) is 22.0 Å². The highest BCUT2D eigenvalue weighted by atomic mass is 79.9. The first-order valence-corrected chi connectivity index (χ1v) is 4.58. The minimum Gasteiger partial charge on any atom is -0.316 e. The van der Waals surface area contributed by atoms with E-state index in [-0.39, 0.29) is 5.56 Å². The van der Waals surface area contributed by atoms with Crippen molar-refractivity contribution in [3.05, 3.63) is 34.2 Å². The predicted octanol–water partition coefficient (Wildman–Crippen LogP) is 1.32. The number of pyridine rings is 1. The van der Waals surface area contributed by atoms with Crippen LogP contribution in [-0.2, 0) is 13.5 Å². The minimum absolute atomic E-state index is 0.0588. The summed E-state index contributed by atoms with van der Waals surface area (Å²) in [5.74, 6) is 0. The third kappa shape index (κ3) is 1.93. The molecule has 3 heteroatoms. The Morgan fingerprint density at radius 3 is 2.91 bits per heavy atom. The van der Waals surface area contributed by atoms with Crippen LogP contribution in [0.3, 0.4) is 0 Å². The second kappa shape index (κ2) is 3.72. The Balaban J connectivity index is 3.06. The number of rotatable bonds is 2. The normalized spacial score (nSPS) is 10.0. The molecule has 0 N–H and O–H groups in total. The molecule has 11 heavy (non-hydrogen) atoms. The lowest BCUT2D eigenvalue weighted by atomic mass is 10.3. The molecule has 0 aliphatic heterocycles. The summed E-state index contributed by atoms with van der Waals surface area (Å²) in [5, 5.41) is 0.893. The van der Waals surface area contributed by atoms with Crippen LogP contribution < -0.4 is 5.56 Å². The van der Waals surface area contributed by atoms with E-state index in [1.54, 1.807) is 23.7 Å². The molecule has 0 amide bonds. The van der Waals surface area contributed by atoms with Crippen LogP contribution in [0.4, 0.5) is 0 Å². The van der Waals surface area contributed by atoms with Crippen LogP contribution >= 0.6 is 15.9 Å². The molecule has 0 bridgehead atoms. The van der Waals surface area contributed by atoms with Gasteiger partial charge < -0.3 is 4.57 Å². The Bertz CT molecular complexity index is 292. The SMILES string of the molecule is Cn1c(CCBr)cccc1=O. The van der Waals surface area contributed by atoms with Gasteiger partial charge in [0.1, 0.15) is 0 Å². The van der Waals surface area contributed by atoms with E-state index in [1.807, 2.05) is 6.07 Å². The van der Waals surface area contributed by atoms with Crippen molar-refractivity contribution in [3.8, 4) is 0 Å². The largest absolute Gasteiger partial charge is 0.316 e. The van der Waals surface area contributed by atoms with E-state index in [9.17, 15) is 4.79 Å². The molecule has 0 radical (unpaired) electrons. The molecule has 0 spiro atoms. The van der Waals surface area contributed by atoms with Gasteiger partial charge in [-0.05, 0) is 12.5 Å². The van der Waals surface area contributed by atoms with E-state index in [4.69, 9.17) is 0 Å². The van der Waals surface area contributed by atoms with Crippen molar-refractivity contribution < 1.29 is 0 Å². The summed E-state index contributed by atoms with van der Waals surface area (Å²) >= 11 is 3.33. The average molecular weight is 216 g/mol. The number of alkyl halides is 1. The molecule has 1 rings (SSSR count).